The smallest absolute Gasteiger partial charge is 0.311 e. The van der Waals surface area contributed by atoms with Crippen LogP contribution < -0.4 is 5.32 Å². The van der Waals surface area contributed by atoms with E-state index in [9.17, 15) is 14.7 Å². The van der Waals surface area contributed by atoms with Crippen LogP contribution in [0.4, 0.5) is 0 Å². The first-order chi connectivity index (χ1) is 9.00. The molecule has 2 N–H and O–H groups in total. The van der Waals surface area contributed by atoms with Gasteiger partial charge in [0.25, 0.3) is 0 Å². The standard InChI is InChI=1S/C14H25NO4/c1-11(9-19-2)8-12(16)15-10-14(13(17)18)6-4-3-5-7-14/h11H,3-10H2,1-2H3,(H,15,16)(H,17,18). The van der Waals surface area contributed by atoms with Gasteiger partial charge >= 0.3 is 5.97 Å². The summed E-state index contributed by atoms with van der Waals surface area (Å²) in [6.45, 7) is 2.73. The van der Waals surface area contributed by atoms with Gasteiger partial charge in [0.05, 0.1) is 5.41 Å². The molecule has 5 heteroatoms. The fourth-order valence-electron chi connectivity index (χ4n) is 2.69. The summed E-state index contributed by atoms with van der Waals surface area (Å²) in [6, 6.07) is 0. The normalized spacial score (nSPS) is 19.7. The van der Waals surface area contributed by atoms with Crippen molar-refractivity contribution in [3.8, 4) is 0 Å². The van der Waals surface area contributed by atoms with Gasteiger partial charge in [-0.15, -0.1) is 0 Å². The maximum absolute atomic E-state index is 11.8. The van der Waals surface area contributed by atoms with Crippen LogP contribution in [0.2, 0.25) is 0 Å². The highest BCUT2D eigenvalue weighted by atomic mass is 16.5. The highest BCUT2D eigenvalue weighted by Crippen LogP contribution is 2.36. The van der Waals surface area contributed by atoms with Crippen molar-refractivity contribution in [1.29, 1.82) is 0 Å². The molecular formula is C14H25NO4. The Balaban J connectivity index is 2.44. The van der Waals surface area contributed by atoms with Crippen LogP contribution >= 0.6 is 0 Å². The highest BCUT2D eigenvalue weighted by molar-refractivity contribution is 5.79. The molecule has 1 aliphatic rings. The van der Waals surface area contributed by atoms with E-state index in [2.05, 4.69) is 5.32 Å². The van der Waals surface area contributed by atoms with E-state index in [0.717, 1.165) is 19.3 Å². The second kappa shape index (κ2) is 7.48. The summed E-state index contributed by atoms with van der Waals surface area (Å²) in [4.78, 5) is 23.2. The summed E-state index contributed by atoms with van der Waals surface area (Å²) in [5, 5.41) is 12.2. The number of carbonyl (C=O) groups is 2. The number of methoxy groups -OCH3 is 1. The summed E-state index contributed by atoms with van der Waals surface area (Å²) >= 11 is 0. The van der Waals surface area contributed by atoms with Crippen molar-refractivity contribution in [1.82, 2.24) is 5.32 Å². The van der Waals surface area contributed by atoms with Crippen LogP contribution in [0.15, 0.2) is 0 Å². The van der Waals surface area contributed by atoms with Gasteiger partial charge in [0.15, 0.2) is 0 Å². The van der Waals surface area contributed by atoms with Crippen molar-refractivity contribution in [2.75, 3.05) is 20.3 Å². The molecule has 1 rings (SSSR count). The van der Waals surface area contributed by atoms with Gasteiger partial charge in [-0.25, -0.2) is 0 Å². The number of rotatable bonds is 7. The number of carboxylic acids is 1. The molecule has 0 bridgehead atoms. The second-order valence-electron chi connectivity index (χ2n) is 5.69. The molecule has 1 saturated carbocycles. The molecule has 110 valence electrons. The minimum atomic E-state index is -0.780. The number of ether oxygens (including phenoxy) is 1. The number of hydrogen-bond donors (Lipinski definition) is 2. The summed E-state index contributed by atoms with van der Waals surface area (Å²) in [5.41, 5.74) is -0.752. The van der Waals surface area contributed by atoms with Crippen molar-refractivity contribution < 1.29 is 19.4 Å². The molecule has 0 aromatic heterocycles. The minimum Gasteiger partial charge on any atom is -0.481 e. The third kappa shape index (κ3) is 4.82. The summed E-state index contributed by atoms with van der Waals surface area (Å²) < 4.78 is 4.98. The van der Waals surface area contributed by atoms with Crippen LogP contribution in [0.3, 0.4) is 0 Å². The largest absolute Gasteiger partial charge is 0.481 e. The molecule has 0 aliphatic heterocycles. The van der Waals surface area contributed by atoms with Crippen LogP contribution in [0, 0.1) is 11.3 Å². The van der Waals surface area contributed by atoms with E-state index in [1.165, 1.54) is 0 Å². The van der Waals surface area contributed by atoms with Gasteiger partial charge in [0.1, 0.15) is 0 Å². The Kier molecular flexibility index (Phi) is 6.28. The molecule has 1 fully saturated rings. The van der Waals surface area contributed by atoms with Gasteiger partial charge < -0.3 is 15.2 Å². The SMILES string of the molecule is COCC(C)CC(=O)NCC1(C(=O)O)CCCCC1. The first kappa shape index (κ1) is 16.0. The highest BCUT2D eigenvalue weighted by Gasteiger charge is 2.39. The van der Waals surface area contributed by atoms with Gasteiger partial charge in [-0.3, -0.25) is 9.59 Å². The monoisotopic (exact) mass is 271 g/mol. The lowest BCUT2D eigenvalue weighted by Crippen LogP contribution is -2.44. The first-order valence-corrected chi connectivity index (χ1v) is 6.99. The average Bonchev–Trinajstić information content (AvgIpc) is 2.37. The number of carboxylic acid groups (broad SMARTS) is 1. The van der Waals surface area contributed by atoms with Gasteiger partial charge in [-0.05, 0) is 18.8 Å². The number of aliphatic carboxylic acids is 1. The van der Waals surface area contributed by atoms with Crippen molar-refractivity contribution in [3.63, 3.8) is 0 Å². The van der Waals surface area contributed by atoms with Gasteiger partial charge in [-0.1, -0.05) is 26.2 Å². The van der Waals surface area contributed by atoms with Gasteiger partial charge in [0.2, 0.25) is 5.91 Å². The van der Waals surface area contributed by atoms with Crippen LogP contribution in [0.25, 0.3) is 0 Å². The van der Waals surface area contributed by atoms with E-state index in [1.54, 1.807) is 7.11 Å². The van der Waals surface area contributed by atoms with Crippen molar-refractivity contribution in [2.24, 2.45) is 11.3 Å². The van der Waals surface area contributed by atoms with Crippen molar-refractivity contribution >= 4 is 11.9 Å². The maximum atomic E-state index is 11.8. The molecule has 0 aromatic carbocycles. The molecule has 1 unspecified atom stereocenters. The Morgan fingerprint density at radius 3 is 2.47 bits per heavy atom. The fraction of sp³-hybridized carbons (Fsp3) is 0.857. The van der Waals surface area contributed by atoms with Gasteiger partial charge in [0, 0.05) is 26.7 Å². The van der Waals surface area contributed by atoms with E-state index in [1.807, 2.05) is 6.92 Å². The van der Waals surface area contributed by atoms with Crippen LogP contribution in [-0.4, -0.2) is 37.2 Å². The van der Waals surface area contributed by atoms with Crippen LogP contribution in [-0.2, 0) is 14.3 Å². The lowest BCUT2D eigenvalue weighted by Gasteiger charge is -2.33. The number of nitrogens with one attached hydrogen (secondary N) is 1. The Bertz CT molecular complexity index is 311. The summed E-state index contributed by atoms with van der Waals surface area (Å²) in [5.74, 6) is -0.717. The average molecular weight is 271 g/mol. The zero-order chi connectivity index (χ0) is 14.3. The lowest BCUT2D eigenvalue weighted by atomic mass is 9.74. The molecule has 1 amide bonds. The molecule has 0 aromatic rings. The quantitative estimate of drug-likeness (QED) is 0.740. The summed E-state index contributed by atoms with van der Waals surface area (Å²) in [7, 11) is 1.61. The van der Waals surface area contributed by atoms with Crippen LogP contribution in [0.1, 0.15) is 45.4 Å². The Hall–Kier alpha value is -1.10. The Morgan fingerprint density at radius 1 is 1.32 bits per heavy atom. The molecule has 1 aliphatic carbocycles. The zero-order valence-electron chi connectivity index (χ0n) is 11.9. The van der Waals surface area contributed by atoms with E-state index < -0.39 is 11.4 Å². The maximum Gasteiger partial charge on any atom is 0.311 e. The molecule has 0 heterocycles. The van der Waals surface area contributed by atoms with E-state index in [4.69, 9.17) is 4.74 Å². The number of amides is 1. The minimum absolute atomic E-state index is 0.0873. The summed E-state index contributed by atoms with van der Waals surface area (Å²) in [6.07, 6.45) is 4.66. The Morgan fingerprint density at radius 2 is 1.95 bits per heavy atom. The molecule has 0 spiro atoms. The molecule has 0 saturated heterocycles. The number of carbonyl (C=O) groups excluding carboxylic acids is 1. The van der Waals surface area contributed by atoms with Gasteiger partial charge in [-0.2, -0.15) is 0 Å². The van der Waals surface area contributed by atoms with Crippen molar-refractivity contribution in [3.05, 3.63) is 0 Å². The predicted molar refractivity (Wildman–Crippen MR) is 71.8 cm³/mol. The first-order valence-electron chi connectivity index (χ1n) is 6.99. The molecule has 0 radical (unpaired) electrons. The fourth-order valence-corrected chi connectivity index (χ4v) is 2.69. The van der Waals surface area contributed by atoms with Crippen molar-refractivity contribution in [2.45, 2.75) is 45.4 Å². The topological polar surface area (TPSA) is 75.6 Å². The molecule has 19 heavy (non-hydrogen) atoms. The third-order valence-corrected chi connectivity index (χ3v) is 3.87. The van der Waals surface area contributed by atoms with E-state index in [0.29, 0.717) is 25.9 Å². The van der Waals surface area contributed by atoms with E-state index in [-0.39, 0.29) is 18.4 Å². The molecule has 5 nitrogen and oxygen atoms in total. The van der Waals surface area contributed by atoms with E-state index >= 15 is 0 Å². The Labute approximate surface area is 114 Å². The van der Waals surface area contributed by atoms with Crippen LogP contribution in [0.5, 0.6) is 0 Å². The number of hydrogen-bond acceptors (Lipinski definition) is 3. The third-order valence-electron chi connectivity index (χ3n) is 3.87. The predicted octanol–water partition coefficient (Wildman–Crippen LogP) is 1.81. The second-order valence-corrected chi connectivity index (χ2v) is 5.69. The molecule has 1 atom stereocenters. The zero-order valence-corrected chi connectivity index (χ0v) is 11.9. The molecular weight excluding hydrogens is 246 g/mol. The lowest BCUT2D eigenvalue weighted by molar-refractivity contribution is -0.151.